The molecular formula is C23H25N3O3S. The zero-order chi connectivity index (χ0) is 20.9. The number of ether oxygens (including phenoxy) is 2. The summed E-state index contributed by atoms with van der Waals surface area (Å²) in [5.41, 5.74) is 5.74. The number of amides is 1. The van der Waals surface area contributed by atoms with Gasteiger partial charge in [0, 0.05) is 18.7 Å². The third-order valence-electron chi connectivity index (χ3n) is 5.15. The molecule has 0 radical (unpaired) electrons. The Hall–Kier alpha value is -2.90. The van der Waals surface area contributed by atoms with Crippen LogP contribution in [0.5, 0.6) is 11.5 Å². The minimum absolute atomic E-state index is 0.156. The molecule has 7 heteroatoms. The number of benzene rings is 2. The topological polar surface area (TPSA) is 63.7 Å². The van der Waals surface area contributed by atoms with Crippen LogP contribution in [0.3, 0.4) is 0 Å². The molecule has 6 nitrogen and oxygen atoms in total. The molecule has 0 spiro atoms. The summed E-state index contributed by atoms with van der Waals surface area (Å²) in [6.45, 7) is 1.77. The largest absolute Gasteiger partial charge is 0.497 e. The molecule has 30 heavy (non-hydrogen) atoms. The van der Waals surface area contributed by atoms with Gasteiger partial charge in [-0.3, -0.25) is 10.2 Å². The molecule has 1 aliphatic heterocycles. The van der Waals surface area contributed by atoms with Crippen molar-refractivity contribution in [1.29, 1.82) is 0 Å². The number of carbonyl (C=O) groups is 1. The van der Waals surface area contributed by atoms with Gasteiger partial charge in [0.15, 0.2) is 5.01 Å². The maximum atomic E-state index is 12.9. The number of hydrogen-bond acceptors (Lipinski definition) is 6. The first-order valence-corrected chi connectivity index (χ1v) is 10.8. The molecular weight excluding hydrogens is 398 g/mol. The van der Waals surface area contributed by atoms with Crippen molar-refractivity contribution in [3.8, 4) is 33.2 Å². The van der Waals surface area contributed by atoms with Crippen molar-refractivity contribution < 1.29 is 14.3 Å². The first-order valence-electron chi connectivity index (χ1n) is 10.0. The lowest BCUT2D eigenvalue weighted by molar-refractivity contribution is 0.0750. The number of piperidine rings is 1. The van der Waals surface area contributed by atoms with Crippen molar-refractivity contribution in [1.82, 2.24) is 15.4 Å². The van der Waals surface area contributed by atoms with Crippen molar-refractivity contribution >= 4 is 17.2 Å². The van der Waals surface area contributed by atoms with Gasteiger partial charge >= 0.3 is 0 Å². The van der Waals surface area contributed by atoms with E-state index in [4.69, 9.17) is 14.5 Å². The highest BCUT2D eigenvalue weighted by atomic mass is 32.1. The van der Waals surface area contributed by atoms with Crippen molar-refractivity contribution in [3.63, 3.8) is 0 Å². The van der Waals surface area contributed by atoms with E-state index in [-0.39, 0.29) is 5.91 Å². The summed E-state index contributed by atoms with van der Waals surface area (Å²) < 4.78 is 10.5. The van der Waals surface area contributed by atoms with Crippen molar-refractivity contribution in [2.45, 2.75) is 19.3 Å². The molecule has 0 unspecified atom stereocenters. The molecule has 1 aliphatic rings. The van der Waals surface area contributed by atoms with E-state index in [1.54, 1.807) is 14.2 Å². The van der Waals surface area contributed by atoms with Crippen LogP contribution >= 0.6 is 11.3 Å². The monoisotopic (exact) mass is 423 g/mol. The zero-order valence-electron chi connectivity index (χ0n) is 17.2. The van der Waals surface area contributed by atoms with E-state index in [1.807, 2.05) is 53.5 Å². The number of thiazole rings is 1. The van der Waals surface area contributed by atoms with Gasteiger partial charge < -0.3 is 9.47 Å². The molecule has 1 saturated heterocycles. The van der Waals surface area contributed by atoms with E-state index in [2.05, 4.69) is 5.43 Å². The van der Waals surface area contributed by atoms with Gasteiger partial charge in [0.2, 0.25) is 0 Å². The highest BCUT2D eigenvalue weighted by Gasteiger charge is 2.21. The molecule has 1 amide bonds. The Balaban J connectivity index is 1.69. The Morgan fingerprint density at radius 3 is 2.03 bits per heavy atom. The minimum atomic E-state index is -0.156. The molecule has 4 rings (SSSR count). The average Bonchev–Trinajstić information content (AvgIpc) is 3.25. The first kappa shape index (κ1) is 20.4. The lowest BCUT2D eigenvalue weighted by Crippen LogP contribution is -2.45. The Bertz CT molecular complexity index is 929. The van der Waals surface area contributed by atoms with E-state index in [0.29, 0.717) is 5.01 Å². The van der Waals surface area contributed by atoms with Crippen LogP contribution in [-0.4, -0.2) is 43.2 Å². The summed E-state index contributed by atoms with van der Waals surface area (Å²) in [4.78, 5) is 18.6. The van der Waals surface area contributed by atoms with Crippen molar-refractivity contribution in [2.75, 3.05) is 27.3 Å². The van der Waals surface area contributed by atoms with Crippen LogP contribution in [0, 0.1) is 0 Å². The van der Waals surface area contributed by atoms with Crippen molar-refractivity contribution in [2.24, 2.45) is 0 Å². The lowest BCUT2D eigenvalue weighted by atomic mass is 10.1. The second kappa shape index (κ2) is 9.28. The number of nitrogens with one attached hydrogen (secondary N) is 1. The van der Waals surface area contributed by atoms with Gasteiger partial charge in [-0.15, -0.1) is 11.3 Å². The van der Waals surface area contributed by atoms with Crippen LogP contribution in [0.25, 0.3) is 21.7 Å². The van der Waals surface area contributed by atoms with Crippen LogP contribution in [0.1, 0.15) is 29.1 Å². The van der Waals surface area contributed by atoms with E-state index in [1.165, 1.54) is 17.8 Å². The predicted molar refractivity (Wildman–Crippen MR) is 119 cm³/mol. The third kappa shape index (κ3) is 4.47. The molecule has 0 atom stereocenters. The summed E-state index contributed by atoms with van der Waals surface area (Å²) in [7, 11) is 3.29. The smallest absolute Gasteiger partial charge is 0.294 e. The van der Waals surface area contributed by atoms with Crippen molar-refractivity contribution in [3.05, 3.63) is 53.5 Å². The van der Waals surface area contributed by atoms with E-state index in [0.717, 1.165) is 59.1 Å². The second-order valence-corrected chi connectivity index (χ2v) is 8.14. The molecule has 0 aliphatic carbocycles. The van der Waals surface area contributed by atoms with Gasteiger partial charge in [0.1, 0.15) is 11.5 Å². The average molecular weight is 424 g/mol. The van der Waals surface area contributed by atoms with Crippen LogP contribution in [-0.2, 0) is 0 Å². The number of rotatable bonds is 6. The molecule has 1 aromatic heterocycles. The summed E-state index contributed by atoms with van der Waals surface area (Å²) in [5, 5.41) is 2.45. The molecule has 0 bridgehead atoms. The van der Waals surface area contributed by atoms with Crippen LogP contribution < -0.4 is 14.9 Å². The maximum absolute atomic E-state index is 12.9. The number of hydrogen-bond donors (Lipinski definition) is 1. The highest BCUT2D eigenvalue weighted by Crippen LogP contribution is 2.38. The fraction of sp³-hybridized carbons (Fsp3) is 0.304. The van der Waals surface area contributed by atoms with Crippen LogP contribution in [0.4, 0.5) is 0 Å². The van der Waals surface area contributed by atoms with Gasteiger partial charge in [-0.05, 0) is 66.9 Å². The minimum Gasteiger partial charge on any atom is -0.497 e. The van der Waals surface area contributed by atoms with E-state index < -0.39 is 0 Å². The molecule has 1 fully saturated rings. The molecule has 156 valence electrons. The SMILES string of the molecule is COc1ccc(-c2nc(C(=O)NN3CCCCC3)sc2-c2ccc(OC)cc2)cc1. The summed E-state index contributed by atoms with van der Waals surface area (Å²) in [5.74, 6) is 1.41. The van der Waals surface area contributed by atoms with Gasteiger partial charge in [-0.2, -0.15) is 0 Å². The summed E-state index contributed by atoms with van der Waals surface area (Å²) >= 11 is 1.41. The predicted octanol–water partition coefficient (Wildman–Crippen LogP) is 4.63. The maximum Gasteiger partial charge on any atom is 0.294 e. The number of carbonyl (C=O) groups excluding carboxylic acids is 1. The quantitative estimate of drug-likeness (QED) is 0.627. The second-order valence-electron chi connectivity index (χ2n) is 7.14. The number of aromatic nitrogens is 1. The van der Waals surface area contributed by atoms with Gasteiger partial charge in [-0.1, -0.05) is 6.42 Å². The van der Waals surface area contributed by atoms with E-state index in [9.17, 15) is 4.79 Å². The normalized spacial score (nSPS) is 14.3. The van der Waals surface area contributed by atoms with Gasteiger partial charge in [0.25, 0.3) is 5.91 Å². The Morgan fingerprint density at radius 2 is 1.47 bits per heavy atom. The zero-order valence-corrected chi connectivity index (χ0v) is 18.0. The number of nitrogens with zero attached hydrogens (tertiary/aromatic N) is 2. The fourth-order valence-corrected chi connectivity index (χ4v) is 4.48. The van der Waals surface area contributed by atoms with Gasteiger partial charge in [-0.25, -0.2) is 9.99 Å². The van der Waals surface area contributed by atoms with Crippen LogP contribution in [0.15, 0.2) is 48.5 Å². The van der Waals surface area contributed by atoms with Gasteiger partial charge in [0.05, 0.1) is 24.8 Å². The number of methoxy groups -OCH3 is 2. The molecule has 0 saturated carbocycles. The Labute approximate surface area is 180 Å². The molecule has 1 N–H and O–H groups in total. The molecule has 2 aromatic carbocycles. The molecule has 2 heterocycles. The summed E-state index contributed by atoms with van der Waals surface area (Å²) in [6, 6.07) is 15.6. The standard InChI is InChI=1S/C23H25N3O3S/c1-28-18-10-6-16(7-11-18)20-21(17-8-12-19(29-2)13-9-17)30-23(24-20)22(27)25-26-14-4-3-5-15-26/h6-13H,3-5,14-15H2,1-2H3,(H,25,27). The number of hydrazine groups is 1. The Morgan fingerprint density at radius 1 is 0.900 bits per heavy atom. The third-order valence-corrected chi connectivity index (χ3v) is 6.26. The fourth-order valence-electron chi connectivity index (χ4n) is 3.50. The van der Waals surface area contributed by atoms with Crippen LogP contribution in [0.2, 0.25) is 0 Å². The summed E-state index contributed by atoms with van der Waals surface area (Å²) in [6.07, 6.45) is 3.42. The molecule has 3 aromatic rings. The highest BCUT2D eigenvalue weighted by molar-refractivity contribution is 7.17. The Kier molecular flexibility index (Phi) is 6.30. The lowest BCUT2D eigenvalue weighted by Gasteiger charge is -2.26. The first-order chi connectivity index (χ1) is 14.7. The van der Waals surface area contributed by atoms with E-state index >= 15 is 0 Å².